The van der Waals surface area contributed by atoms with E-state index in [1.807, 2.05) is 41.3 Å². The van der Waals surface area contributed by atoms with Crippen molar-refractivity contribution >= 4 is 34.3 Å². The minimum Gasteiger partial charge on any atom is -0.372 e. The number of ether oxygens (including phenoxy) is 1. The summed E-state index contributed by atoms with van der Waals surface area (Å²) in [5.74, 6) is 0.726. The molecule has 1 aliphatic rings. The van der Waals surface area contributed by atoms with Crippen LogP contribution in [0.25, 0.3) is 16.7 Å². The monoisotopic (exact) mass is 413 g/mol. The maximum absolute atomic E-state index is 12.8. The first-order valence-corrected chi connectivity index (χ1v) is 10.5. The summed E-state index contributed by atoms with van der Waals surface area (Å²) in [7, 11) is 0. The normalized spacial score (nSPS) is 19.7. The van der Waals surface area contributed by atoms with Gasteiger partial charge in [-0.05, 0) is 26.0 Å². The van der Waals surface area contributed by atoms with Crippen LogP contribution in [0.2, 0.25) is 0 Å². The molecule has 0 N–H and O–H groups in total. The summed E-state index contributed by atoms with van der Waals surface area (Å²) in [6.45, 7) is 9.19. The molecule has 0 bridgehead atoms. The van der Waals surface area contributed by atoms with Crippen molar-refractivity contribution in [1.29, 1.82) is 0 Å². The van der Waals surface area contributed by atoms with Crippen LogP contribution in [-0.2, 0) is 16.1 Å². The molecule has 1 saturated heterocycles. The highest BCUT2D eigenvalue weighted by Crippen LogP contribution is 2.22. The third-order valence-corrected chi connectivity index (χ3v) is 5.80. The molecule has 1 aliphatic heterocycles. The second-order valence-corrected chi connectivity index (χ2v) is 8.13. The number of benzene rings is 1. The first-order valence-electron chi connectivity index (χ1n) is 9.53. The van der Waals surface area contributed by atoms with Crippen LogP contribution in [0.3, 0.4) is 0 Å². The number of rotatable bonds is 5. The molecule has 2 atom stereocenters. The summed E-state index contributed by atoms with van der Waals surface area (Å²) in [5.41, 5.74) is 0.589. The fraction of sp³-hybridized carbons (Fsp3) is 0.400. The summed E-state index contributed by atoms with van der Waals surface area (Å²) in [6.07, 6.45) is 1.71. The van der Waals surface area contributed by atoms with Crippen molar-refractivity contribution in [3.05, 3.63) is 47.3 Å². The molecule has 2 aromatic heterocycles. The Morgan fingerprint density at radius 1 is 1.28 bits per heavy atom. The van der Waals surface area contributed by atoms with Gasteiger partial charge in [-0.1, -0.05) is 30.0 Å². The van der Waals surface area contributed by atoms with Crippen LogP contribution in [0, 0.1) is 0 Å². The number of nitrogens with zero attached hydrogens (tertiary/aromatic N) is 5. The van der Waals surface area contributed by atoms with Crippen molar-refractivity contribution in [2.45, 2.75) is 37.8 Å². The van der Waals surface area contributed by atoms with E-state index in [-0.39, 0.29) is 29.4 Å². The lowest BCUT2D eigenvalue weighted by Gasteiger charge is -2.35. The number of carbonyl (C=O) groups is 1. The molecule has 0 unspecified atom stereocenters. The number of morpholine rings is 1. The number of aromatic nitrogens is 4. The molecule has 152 valence electrons. The molecular weight excluding hydrogens is 390 g/mol. The fourth-order valence-corrected chi connectivity index (χ4v) is 4.56. The van der Waals surface area contributed by atoms with Gasteiger partial charge >= 0.3 is 0 Å². The number of allylic oxidation sites excluding steroid dienone is 1. The van der Waals surface area contributed by atoms with E-state index in [2.05, 4.69) is 16.8 Å². The summed E-state index contributed by atoms with van der Waals surface area (Å²) < 4.78 is 9.08. The number of carbonyl (C=O) groups excluding carboxylic acids is 1. The Morgan fingerprint density at radius 2 is 2.00 bits per heavy atom. The predicted molar refractivity (Wildman–Crippen MR) is 112 cm³/mol. The summed E-state index contributed by atoms with van der Waals surface area (Å²) in [4.78, 5) is 27.4. The largest absolute Gasteiger partial charge is 0.372 e. The van der Waals surface area contributed by atoms with Crippen LogP contribution in [0.4, 0.5) is 0 Å². The molecule has 1 amide bonds. The number of hydrogen-bond acceptors (Lipinski definition) is 6. The van der Waals surface area contributed by atoms with Crippen LogP contribution >= 0.6 is 11.8 Å². The van der Waals surface area contributed by atoms with Gasteiger partial charge in [-0.2, -0.15) is 0 Å². The fourth-order valence-electron chi connectivity index (χ4n) is 3.72. The van der Waals surface area contributed by atoms with Gasteiger partial charge in [-0.15, -0.1) is 16.8 Å². The number of thioether (sulfide) groups is 1. The van der Waals surface area contributed by atoms with E-state index in [0.29, 0.717) is 36.0 Å². The lowest BCUT2D eigenvalue weighted by atomic mass is 10.2. The van der Waals surface area contributed by atoms with E-state index in [0.717, 1.165) is 5.52 Å². The van der Waals surface area contributed by atoms with Gasteiger partial charge in [0.05, 0.1) is 28.9 Å². The first-order chi connectivity index (χ1) is 14.0. The van der Waals surface area contributed by atoms with Gasteiger partial charge < -0.3 is 9.64 Å². The van der Waals surface area contributed by atoms with Gasteiger partial charge in [0, 0.05) is 19.6 Å². The third kappa shape index (κ3) is 3.67. The summed E-state index contributed by atoms with van der Waals surface area (Å²) in [5, 5.41) is 9.64. The molecule has 8 nitrogen and oxygen atoms in total. The quantitative estimate of drug-likeness (QED) is 0.470. The van der Waals surface area contributed by atoms with Gasteiger partial charge in [-0.3, -0.25) is 18.6 Å². The maximum atomic E-state index is 12.8. The Hall–Kier alpha value is -2.65. The van der Waals surface area contributed by atoms with Crippen molar-refractivity contribution in [2.24, 2.45) is 0 Å². The van der Waals surface area contributed by atoms with Gasteiger partial charge in [0.1, 0.15) is 0 Å². The standard InChI is InChI=1S/C20H23N5O3S/c1-4-9-24-18(27)15-7-5-6-8-16(15)25-19(24)21-22-20(25)29-12-17(26)23-10-13(2)28-14(3)11-23/h4-8,13-14H,1,9-12H2,2-3H3/t13-,14-/m1/s1. The van der Waals surface area contributed by atoms with E-state index in [1.54, 1.807) is 16.7 Å². The van der Waals surface area contributed by atoms with Crippen molar-refractivity contribution in [3.8, 4) is 0 Å². The molecule has 1 fully saturated rings. The second-order valence-electron chi connectivity index (χ2n) is 7.18. The zero-order valence-electron chi connectivity index (χ0n) is 16.4. The van der Waals surface area contributed by atoms with E-state index < -0.39 is 0 Å². The van der Waals surface area contributed by atoms with E-state index >= 15 is 0 Å². The number of amides is 1. The molecule has 1 aromatic carbocycles. The van der Waals surface area contributed by atoms with Crippen LogP contribution in [0.1, 0.15) is 13.8 Å². The third-order valence-electron chi connectivity index (χ3n) is 4.89. The highest BCUT2D eigenvalue weighted by Gasteiger charge is 2.26. The number of para-hydroxylation sites is 1. The lowest BCUT2D eigenvalue weighted by molar-refractivity contribution is -0.140. The van der Waals surface area contributed by atoms with Crippen LogP contribution in [-0.4, -0.2) is 61.0 Å². The highest BCUT2D eigenvalue weighted by molar-refractivity contribution is 7.99. The molecule has 3 heterocycles. The number of fused-ring (bicyclic) bond motifs is 3. The molecule has 4 rings (SSSR count). The predicted octanol–water partition coefficient (Wildman–Crippen LogP) is 1.96. The van der Waals surface area contributed by atoms with Gasteiger partial charge in [0.2, 0.25) is 11.7 Å². The SMILES string of the molecule is C=CCn1c(=O)c2ccccc2n2c(SCC(=O)N3C[C@@H](C)O[C@H](C)C3)nnc12. The van der Waals surface area contributed by atoms with Gasteiger partial charge in [0.25, 0.3) is 5.56 Å². The maximum Gasteiger partial charge on any atom is 0.263 e. The Labute approximate surface area is 172 Å². The Bertz CT molecular complexity index is 1130. The number of hydrogen-bond donors (Lipinski definition) is 0. The highest BCUT2D eigenvalue weighted by atomic mass is 32.2. The molecular formula is C20H23N5O3S. The molecule has 0 radical (unpaired) electrons. The Kier molecular flexibility index (Phi) is 5.42. The molecule has 0 aliphatic carbocycles. The molecule has 0 spiro atoms. The minimum atomic E-state index is -0.135. The van der Waals surface area contributed by atoms with E-state index in [1.165, 1.54) is 11.8 Å². The average Bonchev–Trinajstić information content (AvgIpc) is 3.12. The Balaban J connectivity index is 1.67. The van der Waals surface area contributed by atoms with Crippen LogP contribution < -0.4 is 5.56 Å². The molecule has 29 heavy (non-hydrogen) atoms. The first kappa shape index (κ1) is 19.7. The summed E-state index contributed by atoms with van der Waals surface area (Å²) in [6, 6.07) is 7.35. The summed E-state index contributed by atoms with van der Waals surface area (Å²) >= 11 is 1.32. The minimum absolute atomic E-state index is 0.0268. The van der Waals surface area contributed by atoms with Crippen LogP contribution in [0.5, 0.6) is 0 Å². The molecule has 0 saturated carbocycles. The smallest absolute Gasteiger partial charge is 0.263 e. The zero-order chi connectivity index (χ0) is 20.5. The molecule has 3 aromatic rings. The zero-order valence-corrected chi connectivity index (χ0v) is 17.3. The van der Waals surface area contributed by atoms with Crippen molar-refractivity contribution in [2.75, 3.05) is 18.8 Å². The van der Waals surface area contributed by atoms with Gasteiger partial charge in [-0.25, -0.2) is 0 Å². The lowest BCUT2D eigenvalue weighted by Crippen LogP contribution is -2.48. The van der Waals surface area contributed by atoms with Gasteiger partial charge in [0.15, 0.2) is 5.16 Å². The van der Waals surface area contributed by atoms with E-state index in [4.69, 9.17) is 4.74 Å². The second kappa shape index (κ2) is 8.00. The van der Waals surface area contributed by atoms with Crippen molar-refractivity contribution in [1.82, 2.24) is 24.1 Å². The van der Waals surface area contributed by atoms with E-state index in [9.17, 15) is 9.59 Å². The van der Waals surface area contributed by atoms with Crippen LogP contribution in [0.15, 0.2) is 46.9 Å². The van der Waals surface area contributed by atoms with Crippen molar-refractivity contribution in [3.63, 3.8) is 0 Å². The topological polar surface area (TPSA) is 81.7 Å². The Morgan fingerprint density at radius 3 is 2.72 bits per heavy atom. The molecule has 9 heteroatoms. The van der Waals surface area contributed by atoms with Crippen molar-refractivity contribution < 1.29 is 9.53 Å². The average molecular weight is 414 g/mol.